The smallest absolute Gasteiger partial charge is 0.255 e. The molecule has 1 amide bonds. The molecule has 1 aliphatic rings. The lowest BCUT2D eigenvalue weighted by molar-refractivity contribution is 0.102. The van der Waals surface area contributed by atoms with Crippen LogP contribution in [-0.2, 0) is 4.74 Å². The molecule has 1 heterocycles. The summed E-state index contributed by atoms with van der Waals surface area (Å²) in [7, 11) is 0. The summed E-state index contributed by atoms with van der Waals surface area (Å²) in [6, 6.07) is 12.7. The van der Waals surface area contributed by atoms with Gasteiger partial charge in [-0.25, -0.2) is 0 Å². The van der Waals surface area contributed by atoms with E-state index in [-0.39, 0.29) is 5.91 Å². The topological polar surface area (TPSA) is 76.8 Å². The number of nitrogens with zero attached hydrogens (tertiary/aromatic N) is 1. The van der Waals surface area contributed by atoms with Gasteiger partial charge in [-0.1, -0.05) is 6.92 Å². The van der Waals surface area contributed by atoms with E-state index in [2.05, 4.69) is 17.1 Å². The number of hydrogen-bond acceptors (Lipinski definition) is 5. The normalized spacial score (nSPS) is 14.1. The zero-order chi connectivity index (χ0) is 18.4. The van der Waals surface area contributed by atoms with Crippen LogP contribution in [0.3, 0.4) is 0 Å². The molecule has 0 spiro atoms. The Balaban J connectivity index is 1.64. The highest BCUT2D eigenvalue weighted by Gasteiger charge is 2.14. The second-order valence-corrected chi connectivity index (χ2v) is 6.20. The number of nitrogen functional groups attached to an aromatic ring is 1. The van der Waals surface area contributed by atoms with Gasteiger partial charge in [-0.2, -0.15) is 0 Å². The lowest BCUT2D eigenvalue weighted by Gasteiger charge is -2.30. The SMILES string of the molecule is CCCOc1ccc(C(=O)Nc2ccc(N3CCOCC3)c(N)c2)cc1. The predicted octanol–water partition coefficient (Wildman–Crippen LogP) is 3.15. The van der Waals surface area contributed by atoms with E-state index < -0.39 is 0 Å². The molecule has 6 heteroatoms. The van der Waals surface area contributed by atoms with Crippen LogP contribution in [-0.4, -0.2) is 38.8 Å². The molecule has 3 N–H and O–H groups in total. The summed E-state index contributed by atoms with van der Waals surface area (Å²) < 4.78 is 10.9. The lowest BCUT2D eigenvalue weighted by atomic mass is 10.1. The first kappa shape index (κ1) is 18.1. The number of hydrogen-bond donors (Lipinski definition) is 2. The van der Waals surface area contributed by atoms with Gasteiger partial charge >= 0.3 is 0 Å². The van der Waals surface area contributed by atoms with Crippen molar-refractivity contribution in [1.29, 1.82) is 0 Å². The minimum absolute atomic E-state index is 0.175. The van der Waals surface area contributed by atoms with E-state index in [1.54, 1.807) is 30.3 Å². The minimum atomic E-state index is -0.175. The molecule has 0 bridgehead atoms. The summed E-state index contributed by atoms with van der Waals surface area (Å²) in [5.74, 6) is 0.591. The number of nitrogens with one attached hydrogen (secondary N) is 1. The van der Waals surface area contributed by atoms with Gasteiger partial charge < -0.3 is 25.4 Å². The molecule has 138 valence electrons. The lowest BCUT2D eigenvalue weighted by Crippen LogP contribution is -2.36. The van der Waals surface area contributed by atoms with Gasteiger partial charge in [0.05, 0.1) is 31.2 Å². The number of nitrogens with two attached hydrogens (primary N) is 1. The summed E-state index contributed by atoms with van der Waals surface area (Å²) in [6.07, 6.45) is 0.949. The summed E-state index contributed by atoms with van der Waals surface area (Å²) in [6.45, 7) is 5.77. The molecule has 0 aromatic heterocycles. The quantitative estimate of drug-likeness (QED) is 0.779. The summed E-state index contributed by atoms with van der Waals surface area (Å²) in [5, 5.41) is 2.89. The fraction of sp³-hybridized carbons (Fsp3) is 0.350. The van der Waals surface area contributed by atoms with Crippen LogP contribution >= 0.6 is 0 Å². The van der Waals surface area contributed by atoms with Crippen molar-refractivity contribution in [3.63, 3.8) is 0 Å². The minimum Gasteiger partial charge on any atom is -0.494 e. The maximum Gasteiger partial charge on any atom is 0.255 e. The van der Waals surface area contributed by atoms with Crippen LogP contribution in [0.2, 0.25) is 0 Å². The molecule has 0 atom stereocenters. The van der Waals surface area contributed by atoms with E-state index in [1.807, 2.05) is 12.1 Å². The van der Waals surface area contributed by atoms with Crippen molar-refractivity contribution in [1.82, 2.24) is 0 Å². The highest BCUT2D eigenvalue weighted by atomic mass is 16.5. The second kappa shape index (κ2) is 8.58. The summed E-state index contributed by atoms with van der Waals surface area (Å²) in [5.41, 5.74) is 9.06. The molecule has 2 aromatic rings. The van der Waals surface area contributed by atoms with E-state index in [1.165, 1.54) is 0 Å². The first-order valence-electron chi connectivity index (χ1n) is 8.94. The number of morpholine rings is 1. The molecule has 1 fully saturated rings. The van der Waals surface area contributed by atoms with Crippen LogP contribution in [0.1, 0.15) is 23.7 Å². The number of amides is 1. The third-order valence-electron chi connectivity index (χ3n) is 4.23. The van der Waals surface area contributed by atoms with Crippen molar-refractivity contribution in [2.75, 3.05) is 48.9 Å². The molecular weight excluding hydrogens is 330 g/mol. The molecule has 0 saturated carbocycles. The molecule has 3 rings (SSSR count). The zero-order valence-corrected chi connectivity index (χ0v) is 15.0. The third-order valence-corrected chi connectivity index (χ3v) is 4.23. The van der Waals surface area contributed by atoms with Crippen LogP contribution in [0, 0.1) is 0 Å². The van der Waals surface area contributed by atoms with Gasteiger partial charge in [0.25, 0.3) is 5.91 Å². The molecule has 0 unspecified atom stereocenters. The number of carbonyl (C=O) groups excluding carboxylic acids is 1. The van der Waals surface area contributed by atoms with Gasteiger partial charge in [0.1, 0.15) is 5.75 Å². The van der Waals surface area contributed by atoms with Gasteiger partial charge in [0, 0.05) is 24.3 Å². The highest BCUT2D eigenvalue weighted by molar-refractivity contribution is 6.04. The fourth-order valence-corrected chi connectivity index (χ4v) is 2.85. The molecular formula is C20H25N3O3. The first-order valence-corrected chi connectivity index (χ1v) is 8.94. The largest absolute Gasteiger partial charge is 0.494 e. The van der Waals surface area contributed by atoms with Crippen molar-refractivity contribution in [3.8, 4) is 5.75 Å². The maximum absolute atomic E-state index is 12.4. The van der Waals surface area contributed by atoms with E-state index in [9.17, 15) is 4.79 Å². The van der Waals surface area contributed by atoms with Gasteiger partial charge in [0.15, 0.2) is 0 Å². The Morgan fingerprint density at radius 2 is 1.92 bits per heavy atom. The molecule has 1 aliphatic heterocycles. The van der Waals surface area contributed by atoms with Crippen molar-refractivity contribution < 1.29 is 14.3 Å². The molecule has 26 heavy (non-hydrogen) atoms. The second-order valence-electron chi connectivity index (χ2n) is 6.20. The standard InChI is InChI=1S/C20H25N3O3/c1-2-11-26-17-6-3-15(4-7-17)20(24)22-16-5-8-19(18(21)14-16)23-9-12-25-13-10-23/h3-8,14H,2,9-13,21H2,1H3,(H,22,24). The van der Waals surface area contributed by atoms with Crippen molar-refractivity contribution >= 4 is 23.0 Å². The molecule has 0 aliphatic carbocycles. The third kappa shape index (κ3) is 4.46. The Morgan fingerprint density at radius 1 is 1.19 bits per heavy atom. The van der Waals surface area contributed by atoms with E-state index in [4.69, 9.17) is 15.2 Å². The Bertz CT molecular complexity index is 740. The number of rotatable bonds is 6. The van der Waals surface area contributed by atoms with Gasteiger partial charge in [-0.15, -0.1) is 0 Å². The highest BCUT2D eigenvalue weighted by Crippen LogP contribution is 2.27. The number of ether oxygens (including phenoxy) is 2. The zero-order valence-electron chi connectivity index (χ0n) is 15.0. The van der Waals surface area contributed by atoms with Crippen LogP contribution in [0.4, 0.5) is 17.1 Å². The maximum atomic E-state index is 12.4. The fourth-order valence-electron chi connectivity index (χ4n) is 2.85. The molecule has 1 saturated heterocycles. The Labute approximate surface area is 153 Å². The monoisotopic (exact) mass is 355 g/mol. The Hall–Kier alpha value is -2.73. The van der Waals surface area contributed by atoms with Crippen LogP contribution in [0.15, 0.2) is 42.5 Å². The molecule has 6 nitrogen and oxygen atoms in total. The van der Waals surface area contributed by atoms with Gasteiger partial charge in [0.2, 0.25) is 0 Å². The van der Waals surface area contributed by atoms with Crippen LogP contribution < -0.4 is 20.7 Å². The van der Waals surface area contributed by atoms with Gasteiger partial charge in [-0.05, 0) is 48.9 Å². The van der Waals surface area contributed by atoms with E-state index in [0.717, 1.165) is 30.9 Å². The van der Waals surface area contributed by atoms with Crippen molar-refractivity contribution in [3.05, 3.63) is 48.0 Å². The Morgan fingerprint density at radius 3 is 2.58 bits per heavy atom. The van der Waals surface area contributed by atoms with Crippen LogP contribution in [0.25, 0.3) is 0 Å². The average Bonchev–Trinajstić information content (AvgIpc) is 2.67. The Kier molecular flexibility index (Phi) is 5.96. The van der Waals surface area contributed by atoms with E-state index >= 15 is 0 Å². The number of anilines is 3. The molecule has 0 radical (unpaired) electrons. The van der Waals surface area contributed by atoms with E-state index in [0.29, 0.717) is 36.8 Å². The summed E-state index contributed by atoms with van der Waals surface area (Å²) >= 11 is 0. The van der Waals surface area contributed by atoms with Gasteiger partial charge in [-0.3, -0.25) is 4.79 Å². The average molecular weight is 355 g/mol. The summed E-state index contributed by atoms with van der Waals surface area (Å²) in [4.78, 5) is 14.6. The number of benzene rings is 2. The van der Waals surface area contributed by atoms with Crippen molar-refractivity contribution in [2.45, 2.75) is 13.3 Å². The molecule has 2 aromatic carbocycles. The van der Waals surface area contributed by atoms with Crippen LogP contribution in [0.5, 0.6) is 5.75 Å². The first-order chi connectivity index (χ1) is 12.7. The number of carbonyl (C=O) groups is 1. The predicted molar refractivity (Wildman–Crippen MR) is 104 cm³/mol. The van der Waals surface area contributed by atoms with Crippen molar-refractivity contribution in [2.24, 2.45) is 0 Å².